The molecule has 1 atom stereocenters. The number of piperidine rings is 2. The molecule has 1 aromatic rings. The molecule has 0 bridgehead atoms. The molecule has 1 aliphatic carbocycles. The molecule has 3 amide bonds. The highest BCUT2D eigenvalue weighted by Gasteiger charge is 2.38. The lowest BCUT2D eigenvalue weighted by Crippen LogP contribution is -2.50. The molecule has 0 radical (unpaired) electrons. The second kappa shape index (κ2) is 9.28. The van der Waals surface area contributed by atoms with Crippen molar-refractivity contribution in [1.82, 2.24) is 15.1 Å². The SMILES string of the molecule is O=C(NCCc1cccs1)C1CCN(C(=O)C2CCCN(C(=O)C3CC3)C2)CC1. The van der Waals surface area contributed by atoms with E-state index in [4.69, 9.17) is 0 Å². The standard InChI is InChI=1S/C22H31N3O3S/c26-20(23-10-7-19-4-2-14-29-19)16-8-12-24(13-9-16)22(28)18-3-1-11-25(15-18)21(27)17-5-6-17/h2,4,14,16-18H,1,3,5-13,15H2,(H,23,26). The van der Waals surface area contributed by atoms with Gasteiger partial charge in [-0.15, -0.1) is 11.3 Å². The number of amides is 3. The van der Waals surface area contributed by atoms with Gasteiger partial charge in [-0.1, -0.05) is 6.07 Å². The van der Waals surface area contributed by atoms with Gasteiger partial charge in [0.15, 0.2) is 0 Å². The number of carbonyl (C=O) groups excluding carboxylic acids is 3. The van der Waals surface area contributed by atoms with E-state index in [1.807, 2.05) is 15.9 Å². The predicted molar refractivity (Wildman–Crippen MR) is 112 cm³/mol. The van der Waals surface area contributed by atoms with E-state index in [0.717, 1.165) is 51.5 Å². The van der Waals surface area contributed by atoms with E-state index in [0.29, 0.717) is 26.2 Å². The first-order chi connectivity index (χ1) is 14.1. The Balaban J connectivity index is 1.19. The van der Waals surface area contributed by atoms with Crippen molar-refractivity contribution < 1.29 is 14.4 Å². The normalized spacial score (nSPS) is 23.1. The van der Waals surface area contributed by atoms with E-state index in [1.165, 1.54) is 4.88 Å². The van der Waals surface area contributed by atoms with E-state index >= 15 is 0 Å². The average molecular weight is 418 g/mol. The molecule has 6 nitrogen and oxygen atoms in total. The van der Waals surface area contributed by atoms with Gasteiger partial charge >= 0.3 is 0 Å². The van der Waals surface area contributed by atoms with Crippen LogP contribution in [0.3, 0.4) is 0 Å². The van der Waals surface area contributed by atoms with Crippen LogP contribution in [0.4, 0.5) is 0 Å². The van der Waals surface area contributed by atoms with Gasteiger partial charge in [-0.2, -0.15) is 0 Å². The summed E-state index contributed by atoms with van der Waals surface area (Å²) in [4.78, 5) is 42.9. The minimum absolute atomic E-state index is 0.00156. The van der Waals surface area contributed by atoms with Crippen molar-refractivity contribution in [3.05, 3.63) is 22.4 Å². The Morgan fingerprint density at radius 1 is 0.931 bits per heavy atom. The maximum atomic E-state index is 13.0. The minimum atomic E-state index is -0.0670. The molecule has 29 heavy (non-hydrogen) atoms. The first-order valence-corrected chi connectivity index (χ1v) is 11.9. The molecule has 1 unspecified atom stereocenters. The number of rotatable bonds is 6. The van der Waals surface area contributed by atoms with Gasteiger partial charge in [0.25, 0.3) is 0 Å². The van der Waals surface area contributed by atoms with Crippen LogP contribution in [-0.2, 0) is 20.8 Å². The molecule has 1 saturated carbocycles. The number of likely N-dealkylation sites (tertiary alicyclic amines) is 2. The third kappa shape index (κ3) is 5.18. The fourth-order valence-electron chi connectivity index (χ4n) is 4.50. The number of nitrogens with zero attached hydrogens (tertiary/aromatic N) is 2. The Morgan fingerprint density at radius 2 is 1.69 bits per heavy atom. The Labute approximate surface area is 176 Å². The summed E-state index contributed by atoms with van der Waals surface area (Å²) in [6, 6.07) is 4.12. The highest BCUT2D eigenvalue weighted by atomic mass is 32.1. The molecule has 158 valence electrons. The quantitative estimate of drug-likeness (QED) is 0.772. The average Bonchev–Trinajstić information content (AvgIpc) is 3.49. The van der Waals surface area contributed by atoms with Crippen LogP contribution in [0, 0.1) is 17.8 Å². The molecule has 0 spiro atoms. The summed E-state index contributed by atoms with van der Waals surface area (Å²) in [6.45, 7) is 3.35. The third-order valence-corrected chi connectivity index (χ3v) is 7.37. The summed E-state index contributed by atoms with van der Waals surface area (Å²) in [5.74, 6) is 0.699. The number of hydrogen-bond donors (Lipinski definition) is 1. The number of hydrogen-bond acceptors (Lipinski definition) is 4. The molecule has 0 aromatic carbocycles. The fraction of sp³-hybridized carbons (Fsp3) is 0.682. The van der Waals surface area contributed by atoms with Crippen molar-refractivity contribution in [2.45, 2.75) is 44.9 Å². The molecule has 3 fully saturated rings. The number of nitrogens with one attached hydrogen (secondary N) is 1. The molecular weight excluding hydrogens is 386 g/mol. The Bertz CT molecular complexity index is 724. The van der Waals surface area contributed by atoms with E-state index < -0.39 is 0 Å². The molecule has 3 heterocycles. The van der Waals surface area contributed by atoms with E-state index in [9.17, 15) is 14.4 Å². The summed E-state index contributed by atoms with van der Waals surface area (Å²) in [7, 11) is 0. The van der Waals surface area contributed by atoms with Gasteiger partial charge in [-0.25, -0.2) is 0 Å². The minimum Gasteiger partial charge on any atom is -0.355 e. The van der Waals surface area contributed by atoms with E-state index in [-0.39, 0.29) is 35.5 Å². The van der Waals surface area contributed by atoms with Crippen molar-refractivity contribution in [3.63, 3.8) is 0 Å². The zero-order valence-corrected chi connectivity index (χ0v) is 17.8. The summed E-state index contributed by atoms with van der Waals surface area (Å²) in [5, 5.41) is 5.11. The van der Waals surface area contributed by atoms with Crippen molar-refractivity contribution in [3.8, 4) is 0 Å². The first kappa shape index (κ1) is 20.4. The maximum absolute atomic E-state index is 13.0. The lowest BCUT2D eigenvalue weighted by atomic mass is 9.92. The second-order valence-electron chi connectivity index (χ2n) is 8.62. The monoisotopic (exact) mass is 417 g/mol. The van der Waals surface area contributed by atoms with Crippen LogP contribution in [0.5, 0.6) is 0 Å². The highest BCUT2D eigenvalue weighted by molar-refractivity contribution is 7.09. The Hall–Kier alpha value is -1.89. The predicted octanol–water partition coefficient (Wildman–Crippen LogP) is 2.29. The van der Waals surface area contributed by atoms with Gasteiger partial charge in [-0.05, 0) is 56.4 Å². The van der Waals surface area contributed by atoms with E-state index in [2.05, 4.69) is 16.8 Å². The van der Waals surface area contributed by atoms with Gasteiger partial charge < -0.3 is 15.1 Å². The Morgan fingerprint density at radius 3 is 2.38 bits per heavy atom. The van der Waals surface area contributed by atoms with Crippen molar-refractivity contribution >= 4 is 29.1 Å². The summed E-state index contributed by atoms with van der Waals surface area (Å²) >= 11 is 1.71. The molecule has 1 N–H and O–H groups in total. The van der Waals surface area contributed by atoms with Gasteiger partial charge in [0.1, 0.15) is 0 Å². The molecule has 2 saturated heterocycles. The Kier molecular flexibility index (Phi) is 6.53. The zero-order chi connectivity index (χ0) is 20.2. The molecule has 3 aliphatic rings. The second-order valence-corrected chi connectivity index (χ2v) is 9.65. The van der Waals surface area contributed by atoms with Gasteiger partial charge in [0.2, 0.25) is 17.7 Å². The summed E-state index contributed by atoms with van der Waals surface area (Å²) < 4.78 is 0. The lowest BCUT2D eigenvalue weighted by molar-refractivity contribution is -0.143. The largest absolute Gasteiger partial charge is 0.355 e. The number of thiophene rings is 1. The van der Waals surface area contributed by atoms with Crippen LogP contribution in [0.1, 0.15) is 43.4 Å². The summed E-state index contributed by atoms with van der Waals surface area (Å²) in [6.07, 6.45) is 6.14. The van der Waals surface area contributed by atoms with Crippen LogP contribution >= 0.6 is 11.3 Å². The molecule has 2 aliphatic heterocycles. The van der Waals surface area contributed by atoms with Crippen LogP contribution in [0.15, 0.2) is 17.5 Å². The molecule has 7 heteroatoms. The van der Waals surface area contributed by atoms with Gasteiger partial charge in [-0.3, -0.25) is 14.4 Å². The molecule has 4 rings (SSSR count). The van der Waals surface area contributed by atoms with Gasteiger partial charge in [0.05, 0.1) is 5.92 Å². The maximum Gasteiger partial charge on any atom is 0.227 e. The van der Waals surface area contributed by atoms with Crippen molar-refractivity contribution in [2.75, 3.05) is 32.7 Å². The van der Waals surface area contributed by atoms with Crippen LogP contribution in [0.2, 0.25) is 0 Å². The van der Waals surface area contributed by atoms with Crippen molar-refractivity contribution in [2.24, 2.45) is 17.8 Å². The topological polar surface area (TPSA) is 69.7 Å². The summed E-state index contributed by atoms with van der Waals surface area (Å²) in [5.41, 5.74) is 0. The lowest BCUT2D eigenvalue weighted by Gasteiger charge is -2.37. The number of carbonyl (C=O) groups is 3. The smallest absolute Gasteiger partial charge is 0.227 e. The molecular formula is C22H31N3O3S. The zero-order valence-electron chi connectivity index (χ0n) is 17.0. The van der Waals surface area contributed by atoms with E-state index in [1.54, 1.807) is 11.3 Å². The first-order valence-electron chi connectivity index (χ1n) is 11.0. The fourth-order valence-corrected chi connectivity index (χ4v) is 5.20. The third-order valence-electron chi connectivity index (χ3n) is 6.44. The van der Waals surface area contributed by atoms with Crippen LogP contribution in [0.25, 0.3) is 0 Å². The van der Waals surface area contributed by atoms with Crippen LogP contribution < -0.4 is 5.32 Å². The van der Waals surface area contributed by atoms with Crippen LogP contribution in [-0.4, -0.2) is 60.2 Å². The van der Waals surface area contributed by atoms with Gasteiger partial charge in [0, 0.05) is 49.4 Å². The molecule has 1 aromatic heterocycles. The highest BCUT2D eigenvalue weighted by Crippen LogP contribution is 2.33. The van der Waals surface area contributed by atoms with Crippen molar-refractivity contribution in [1.29, 1.82) is 0 Å².